The van der Waals surface area contributed by atoms with Crippen molar-refractivity contribution in [3.8, 4) is 0 Å². The molecule has 104 heavy (non-hydrogen) atoms. The Bertz CT molecular complexity index is 2490. The van der Waals surface area contributed by atoms with Crippen LogP contribution in [-0.4, -0.2) is 96.7 Å². The van der Waals surface area contributed by atoms with Gasteiger partial charge in [0, 0.05) is 25.7 Å². The maximum Gasteiger partial charge on any atom is 0.472 e. The second-order valence-electron chi connectivity index (χ2n) is 26.6. The van der Waals surface area contributed by atoms with Gasteiger partial charge < -0.3 is 33.8 Å². The van der Waals surface area contributed by atoms with Crippen molar-refractivity contribution < 1.29 is 80.2 Å². The fourth-order valence-electron chi connectivity index (χ4n) is 10.5. The fourth-order valence-corrected chi connectivity index (χ4v) is 12.1. The summed E-state index contributed by atoms with van der Waals surface area (Å²) in [7, 11) is -9.99. The van der Waals surface area contributed by atoms with Gasteiger partial charge >= 0.3 is 39.5 Å². The number of carbonyl (C=O) groups is 4. The van der Waals surface area contributed by atoms with Crippen LogP contribution in [0.3, 0.4) is 0 Å². The van der Waals surface area contributed by atoms with E-state index in [2.05, 4.69) is 149 Å². The molecule has 19 heteroatoms. The molecule has 0 aromatic heterocycles. The maximum atomic E-state index is 13.1. The smallest absolute Gasteiger partial charge is 0.462 e. The van der Waals surface area contributed by atoms with Crippen molar-refractivity contribution in [3.05, 3.63) is 134 Å². The van der Waals surface area contributed by atoms with Crippen molar-refractivity contribution in [1.82, 2.24) is 0 Å². The van der Waals surface area contributed by atoms with Crippen LogP contribution in [0, 0.1) is 0 Å². The zero-order valence-corrected chi connectivity index (χ0v) is 66.9. The average Bonchev–Trinajstić information content (AvgIpc) is 0.937. The minimum atomic E-state index is -5.00. The average molecular weight is 1500 g/mol. The molecule has 0 saturated carbocycles. The summed E-state index contributed by atoms with van der Waals surface area (Å²) < 4.78 is 68.6. The Hall–Kier alpha value is -4.80. The standard InChI is InChI=1S/C85H144O17P2/c1-5-9-13-17-21-25-29-33-37-39-43-45-49-53-57-61-65-69-82(87)95-75-80(101-84(89)71-67-63-59-55-51-47-41-35-31-27-23-19-15-11-7-3)77-99-103(91,92)97-73-79(86)74-98-104(93,94)100-78-81(102-85(90)72-68-64-60-56-52-48-42-36-32-28-24-20-16-12-8-4)76-96-83(88)70-66-62-58-54-50-46-44-40-38-34-30-26-22-18-14-10-6-2/h9-10,13-14,21-22,25-26,33-38,41-46,53,57,79-81,86H,5-8,11-12,15-20,23-24,27-32,39-40,47-52,54-56,58-78H2,1-4H3,(H,91,92)(H,93,94)/b13-9-,14-10-,25-21-,26-22-,37-33-,38-34-,41-35-,42-36-,45-43-,46-44-,57-53-. The van der Waals surface area contributed by atoms with Crippen LogP contribution in [0.4, 0.5) is 0 Å². The van der Waals surface area contributed by atoms with E-state index in [1.165, 1.54) is 77.0 Å². The highest BCUT2D eigenvalue weighted by Crippen LogP contribution is 2.45. The Morgan fingerprint density at radius 1 is 0.279 bits per heavy atom. The number of aliphatic hydroxyl groups is 1. The van der Waals surface area contributed by atoms with Crippen LogP contribution in [0.5, 0.6) is 0 Å². The number of hydrogen-bond donors (Lipinski definition) is 3. The zero-order chi connectivity index (χ0) is 76.0. The molecule has 0 spiro atoms. The van der Waals surface area contributed by atoms with Gasteiger partial charge in [0.1, 0.15) is 19.3 Å². The molecular weight excluding hydrogens is 1350 g/mol. The number of phosphoric acid groups is 2. The van der Waals surface area contributed by atoms with E-state index < -0.39 is 97.5 Å². The van der Waals surface area contributed by atoms with Crippen LogP contribution in [0.25, 0.3) is 0 Å². The van der Waals surface area contributed by atoms with Crippen molar-refractivity contribution in [2.24, 2.45) is 0 Å². The molecule has 0 fully saturated rings. The highest BCUT2D eigenvalue weighted by atomic mass is 31.2. The van der Waals surface area contributed by atoms with Crippen LogP contribution >= 0.6 is 15.6 Å². The molecule has 5 unspecified atom stereocenters. The van der Waals surface area contributed by atoms with Gasteiger partial charge in [-0.1, -0.05) is 277 Å². The lowest BCUT2D eigenvalue weighted by Gasteiger charge is -2.21. The SMILES string of the molecule is CC/C=C\C/C=C\C/C=C\C/C=C\C/C=C\CCCC(=O)OCC(COP(=O)(O)OCC(O)COP(=O)(O)OCC(COC(=O)CCCCCC/C=C\C/C=C\C/C=C\C/C=C\CC)OC(=O)CCCCCCC/C=C\CCCCCCCC)OC(=O)CCCCCCC/C=C\CCCCCCCC. The molecule has 0 heterocycles. The van der Waals surface area contributed by atoms with Crippen LogP contribution < -0.4 is 0 Å². The van der Waals surface area contributed by atoms with Crippen LogP contribution in [-0.2, 0) is 65.4 Å². The van der Waals surface area contributed by atoms with Crippen molar-refractivity contribution in [2.75, 3.05) is 39.6 Å². The predicted octanol–water partition coefficient (Wildman–Crippen LogP) is 23.7. The number of unbranched alkanes of at least 4 members (excludes halogenated alkanes) is 27. The summed E-state index contributed by atoms with van der Waals surface area (Å²) in [5, 5.41) is 10.6. The first kappa shape index (κ1) is 99.2. The van der Waals surface area contributed by atoms with Crippen molar-refractivity contribution in [3.63, 3.8) is 0 Å². The summed E-state index contributed by atoms with van der Waals surface area (Å²) in [6.07, 6.45) is 85.7. The number of hydrogen-bond acceptors (Lipinski definition) is 15. The van der Waals surface area contributed by atoms with E-state index in [9.17, 15) is 43.2 Å². The van der Waals surface area contributed by atoms with Crippen LogP contribution in [0.2, 0.25) is 0 Å². The molecule has 0 rings (SSSR count). The van der Waals surface area contributed by atoms with Gasteiger partial charge in [-0.25, -0.2) is 9.13 Å². The van der Waals surface area contributed by atoms with Crippen molar-refractivity contribution >= 4 is 39.5 Å². The van der Waals surface area contributed by atoms with E-state index in [1.54, 1.807) is 0 Å². The Morgan fingerprint density at radius 3 is 0.817 bits per heavy atom. The second kappa shape index (κ2) is 76.4. The van der Waals surface area contributed by atoms with Gasteiger partial charge in [-0.15, -0.1) is 0 Å². The molecule has 3 N–H and O–H groups in total. The van der Waals surface area contributed by atoms with Gasteiger partial charge in [-0.05, 0) is 154 Å². The fraction of sp³-hybridized carbons (Fsp3) is 0.694. The minimum absolute atomic E-state index is 0.0699. The van der Waals surface area contributed by atoms with Crippen LogP contribution in [0.15, 0.2) is 134 Å². The molecule has 0 aromatic rings. The van der Waals surface area contributed by atoms with Crippen molar-refractivity contribution in [1.29, 1.82) is 0 Å². The Balaban J connectivity index is 5.45. The molecule has 596 valence electrons. The Morgan fingerprint density at radius 2 is 0.510 bits per heavy atom. The predicted molar refractivity (Wildman–Crippen MR) is 427 cm³/mol. The minimum Gasteiger partial charge on any atom is -0.462 e. The summed E-state index contributed by atoms with van der Waals surface area (Å²) in [4.78, 5) is 73.0. The summed E-state index contributed by atoms with van der Waals surface area (Å²) >= 11 is 0. The molecule has 0 bridgehead atoms. The number of rotatable bonds is 75. The van der Waals surface area contributed by atoms with E-state index in [0.29, 0.717) is 32.1 Å². The number of esters is 4. The quantitative estimate of drug-likeness (QED) is 0.0169. The second-order valence-corrected chi connectivity index (χ2v) is 29.5. The van der Waals surface area contributed by atoms with Gasteiger partial charge in [0.05, 0.1) is 26.4 Å². The van der Waals surface area contributed by atoms with Gasteiger partial charge in [0.2, 0.25) is 0 Å². The van der Waals surface area contributed by atoms with Gasteiger partial charge in [-0.2, -0.15) is 0 Å². The van der Waals surface area contributed by atoms with E-state index in [4.69, 9.17) is 37.0 Å². The summed E-state index contributed by atoms with van der Waals surface area (Å²) in [6.45, 7) is 4.55. The summed E-state index contributed by atoms with van der Waals surface area (Å²) in [5.41, 5.74) is 0. The lowest BCUT2D eigenvalue weighted by Crippen LogP contribution is -2.30. The molecule has 0 aliphatic carbocycles. The summed E-state index contributed by atoms with van der Waals surface area (Å²) in [5.74, 6) is -2.28. The maximum absolute atomic E-state index is 13.1. The summed E-state index contributed by atoms with van der Waals surface area (Å²) in [6, 6.07) is 0. The highest BCUT2D eigenvalue weighted by Gasteiger charge is 2.30. The van der Waals surface area contributed by atoms with Crippen LogP contribution in [0.1, 0.15) is 323 Å². The van der Waals surface area contributed by atoms with E-state index in [0.717, 1.165) is 161 Å². The first-order valence-corrected chi connectivity index (χ1v) is 43.4. The lowest BCUT2D eigenvalue weighted by atomic mass is 10.1. The number of aliphatic hydroxyl groups excluding tert-OH is 1. The topological polar surface area (TPSA) is 237 Å². The van der Waals surface area contributed by atoms with E-state index in [-0.39, 0.29) is 25.7 Å². The normalized spacial score (nSPS) is 14.6. The largest absolute Gasteiger partial charge is 0.472 e. The number of allylic oxidation sites excluding steroid dienone is 22. The van der Waals surface area contributed by atoms with Gasteiger partial charge in [0.15, 0.2) is 12.2 Å². The molecule has 17 nitrogen and oxygen atoms in total. The number of ether oxygens (including phenoxy) is 4. The zero-order valence-electron chi connectivity index (χ0n) is 65.2. The molecule has 0 aliphatic rings. The third kappa shape index (κ3) is 75.4. The third-order valence-electron chi connectivity index (χ3n) is 16.6. The molecule has 0 aliphatic heterocycles. The monoisotopic (exact) mass is 1500 g/mol. The first-order chi connectivity index (χ1) is 50.7. The molecule has 0 radical (unpaired) electrons. The first-order valence-electron chi connectivity index (χ1n) is 40.4. The lowest BCUT2D eigenvalue weighted by molar-refractivity contribution is -0.161. The Kier molecular flexibility index (Phi) is 72.9. The molecular formula is C85H144O17P2. The number of phosphoric ester groups is 2. The van der Waals surface area contributed by atoms with E-state index >= 15 is 0 Å². The third-order valence-corrected chi connectivity index (χ3v) is 18.5. The van der Waals surface area contributed by atoms with Crippen molar-refractivity contribution in [2.45, 2.75) is 341 Å². The number of carbonyl (C=O) groups excluding carboxylic acids is 4. The van der Waals surface area contributed by atoms with E-state index in [1.807, 2.05) is 12.2 Å². The molecule has 0 aromatic carbocycles. The Labute approximate surface area is 631 Å². The molecule has 0 amide bonds. The van der Waals surface area contributed by atoms with Gasteiger partial charge in [0.25, 0.3) is 0 Å². The molecule has 0 saturated heterocycles. The van der Waals surface area contributed by atoms with Gasteiger partial charge in [-0.3, -0.25) is 37.3 Å². The molecule has 5 atom stereocenters. The highest BCUT2D eigenvalue weighted by molar-refractivity contribution is 7.47.